The van der Waals surface area contributed by atoms with E-state index in [0.29, 0.717) is 12.1 Å². The van der Waals surface area contributed by atoms with Crippen LogP contribution in [0.1, 0.15) is 6.42 Å². The largest absolute Gasteiger partial charge is 0.396 e. The fourth-order valence-corrected chi connectivity index (χ4v) is 2.03. The van der Waals surface area contributed by atoms with Crippen molar-refractivity contribution in [2.24, 2.45) is 0 Å². The van der Waals surface area contributed by atoms with Crippen LogP contribution in [-0.4, -0.2) is 44.1 Å². The van der Waals surface area contributed by atoms with Gasteiger partial charge in [-0.3, -0.25) is 0 Å². The molecule has 1 rings (SSSR count). The monoisotopic (exact) mass is 259 g/mol. The van der Waals surface area contributed by atoms with Crippen molar-refractivity contribution in [3.63, 3.8) is 0 Å². The van der Waals surface area contributed by atoms with Crippen LogP contribution in [0.4, 0.5) is 5.69 Å². The lowest BCUT2D eigenvalue weighted by molar-refractivity contribution is 0.229. The second-order valence-corrected chi connectivity index (χ2v) is 5.85. The topological polar surface area (TPSA) is 86.6 Å². The van der Waals surface area contributed by atoms with Gasteiger partial charge < -0.3 is 15.5 Å². The van der Waals surface area contributed by atoms with Crippen molar-refractivity contribution in [1.82, 2.24) is 0 Å². The molecule has 0 amide bonds. The summed E-state index contributed by atoms with van der Waals surface area (Å²) in [5.74, 6) is 0. The van der Waals surface area contributed by atoms with Crippen LogP contribution in [0.15, 0.2) is 29.2 Å². The molecular formula is C11H17NO4S. The van der Waals surface area contributed by atoms with Crippen molar-refractivity contribution in [1.29, 1.82) is 0 Å². The summed E-state index contributed by atoms with van der Waals surface area (Å²) >= 11 is 0. The van der Waals surface area contributed by atoms with E-state index in [1.165, 1.54) is 12.1 Å². The molecule has 0 fully saturated rings. The molecule has 0 bridgehead atoms. The van der Waals surface area contributed by atoms with Gasteiger partial charge in [0.05, 0.1) is 17.5 Å². The van der Waals surface area contributed by atoms with Crippen molar-refractivity contribution in [3.05, 3.63) is 24.3 Å². The summed E-state index contributed by atoms with van der Waals surface area (Å²) < 4.78 is 22.5. The molecule has 0 aliphatic rings. The Bertz CT molecular complexity index is 441. The first-order valence-corrected chi connectivity index (χ1v) is 7.15. The lowest BCUT2D eigenvalue weighted by Gasteiger charge is -2.16. The summed E-state index contributed by atoms with van der Waals surface area (Å²) in [7, 11) is -3.18. The highest BCUT2D eigenvalue weighted by molar-refractivity contribution is 7.90. The molecule has 1 aromatic carbocycles. The molecule has 1 unspecified atom stereocenters. The zero-order valence-corrected chi connectivity index (χ0v) is 10.4. The predicted molar refractivity (Wildman–Crippen MR) is 65.8 cm³/mol. The lowest BCUT2D eigenvalue weighted by atomic mass is 10.2. The van der Waals surface area contributed by atoms with Crippen molar-refractivity contribution in [2.45, 2.75) is 17.4 Å². The van der Waals surface area contributed by atoms with Gasteiger partial charge in [-0.15, -0.1) is 0 Å². The van der Waals surface area contributed by atoms with Crippen LogP contribution in [0, 0.1) is 0 Å². The minimum Gasteiger partial charge on any atom is -0.396 e. The van der Waals surface area contributed by atoms with Crippen molar-refractivity contribution in [2.75, 3.05) is 24.8 Å². The third kappa shape index (κ3) is 4.33. The summed E-state index contributed by atoms with van der Waals surface area (Å²) in [4.78, 5) is 0.255. The zero-order valence-electron chi connectivity index (χ0n) is 9.63. The van der Waals surface area contributed by atoms with Gasteiger partial charge in [-0.05, 0) is 30.7 Å². The fourth-order valence-electron chi connectivity index (χ4n) is 1.40. The van der Waals surface area contributed by atoms with E-state index in [4.69, 9.17) is 10.2 Å². The first-order valence-electron chi connectivity index (χ1n) is 5.25. The van der Waals surface area contributed by atoms with Crippen molar-refractivity contribution in [3.8, 4) is 0 Å². The fraction of sp³-hybridized carbons (Fsp3) is 0.455. The van der Waals surface area contributed by atoms with Gasteiger partial charge in [-0.25, -0.2) is 8.42 Å². The van der Waals surface area contributed by atoms with E-state index in [9.17, 15) is 8.42 Å². The highest BCUT2D eigenvalue weighted by atomic mass is 32.2. The molecule has 0 aliphatic carbocycles. The molecule has 0 heterocycles. The summed E-state index contributed by atoms with van der Waals surface area (Å²) in [6, 6.07) is 6.05. The maximum atomic E-state index is 11.2. The Labute approximate surface area is 101 Å². The minimum absolute atomic E-state index is 0.0142. The van der Waals surface area contributed by atoms with E-state index in [1.54, 1.807) is 12.1 Å². The molecule has 6 heteroatoms. The number of benzene rings is 1. The molecule has 1 atom stereocenters. The molecule has 0 saturated heterocycles. The number of sulfone groups is 1. The predicted octanol–water partition coefficient (Wildman–Crippen LogP) is 0.245. The molecule has 0 spiro atoms. The third-order valence-corrected chi connectivity index (χ3v) is 3.48. The maximum absolute atomic E-state index is 11.2. The Hall–Kier alpha value is -1.11. The molecule has 1 aromatic rings. The van der Waals surface area contributed by atoms with Crippen LogP contribution >= 0.6 is 0 Å². The molecular weight excluding hydrogens is 242 g/mol. The van der Waals surface area contributed by atoms with Crippen molar-refractivity contribution < 1.29 is 18.6 Å². The third-order valence-electron chi connectivity index (χ3n) is 2.35. The second-order valence-electron chi connectivity index (χ2n) is 3.83. The summed E-state index contributed by atoms with van der Waals surface area (Å²) in [6.45, 7) is -0.103. The SMILES string of the molecule is CS(=O)(=O)c1ccc(NC(CO)CCO)cc1. The van der Waals surface area contributed by atoms with Crippen LogP contribution in [0.5, 0.6) is 0 Å². The van der Waals surface area contributed by atoms with Gasteiger partial charge >= 0.3 is 0 Å². The van der Waals surface area contributed by atoms with E-state index in [2.05, 4.69) is 5.32 Å². The molecule has 0 aromatic heterocycles. The Morgan fingerprint density at radius 2 is 1.82 bits per heavy atom. The van der Waals surface area contributed by atoms with E-state index in [-0.39, 0.29) is 24.2 Å². The average molecular weight is 259 g/mol. The van der Waals surface area contributed by atoms with E-state index in [0.717, 1.165) is 6.26 Å². The summed E-state index contributed by atoms with van der Waals surface area (Å²) in [5.41, 5.74) is 0.713. The Kier molecular flexibility index (Phi) is 4.92. The first-order chi connectivity index (χ1) is 7.97. The highest BCUT2D eigenvalue weighted by Gasteiger charge is 2.08. The molecule has 0 saturated carbocycles. The lowest BCUT2D eigenvalue weighted by Crippen LogP contribution is -2.24. The molecule has 0 aliphatic heterocycles. The van der Waals surface area contributed by atoms with Crippen LogP contribution < -0.4 is 5.32 Å². The highest BCUT2D eigenvalue weighted by Crippen LogP contribution is 2.15. The van der Waals surface area contributed by atoms with E-state index >= 15 is 0 Å². The van der Waals surface area contributed by atoms with Gasteiger partial charge in [0.1, 0.15) is 0 Å². The Morgan fingerprint density at radius 1 is 1.24 bits per heavy atom. The minimum atomic E-state index is -3.18. The number of hydrogen-bond acceptors (Lipinski definition) is 5. The molecule has 5 nitrogen and oxygen atoms in total. The number of nitrogens with one attached hydrogen (secondary N) is 1. The van der Waals surface area contributed by atoms with Crippen LogP contribution in [0.3, 0.4) is 0 Å². The second kappa shape index (κ2) is 6.00. The van der Waals surface area contributed by atoms with Gasteiger partial charge in [0.25, 0.3) is 0 Å². The smallest absolute Gasteiger partial charge is 0.175 e. The average Bonchev–Trinajstić information content (AvgIpc) is 2.28. The Morgan fingerprint density at radius 3 is 2.24 bits per heavy atom. The van der Waals surface area contributed by atoms with Crippen LogP contribution in [0.2, 0.25) is 0 Å². The molecule has 3 N–H and O–H groups in total. The quantitative estimate of drug-likeness (QED) is 0.681. The van der Waals surface area contributed by atoms with Gasteiger partial charge in [-0.2, -0.15) is 0 Å². The molecule has 96 valence electrons. The normalized spacial score (nSPS) is 13.4. The zero-order chi connectivity index (χ0) is 12.9. The van der Waals surface area contributed by atoms with Crippen LogP contribution in [0.25, 0.3) is 0 Å². The van der Waals surface area contributed by atoms with Gasteiger partial charge in [0.2, 0.25) is 0 Å². The number of aliphatic hydroxyl groups is 2. The van der Waals surface area contributed by atoms with Crippen LogP contribution in [-0.2, 0) is 9.84 Å². The number of aliphatic hydroxyl groups excluding tert-OH is 2. The summed E-state index contributed by atoms with van der Waals surface area (Å²) in [5, 5.41) is 20.8. The maximum Gasteiger partial charge on any atom is 0.175 e. The molecule has 0 radical (unpaired) electrons. The van der Waals surface area contributed by atoms with E-state index < -0.39 is 9.84 Å². The van der Waals surface area contributed by atoms with Gasteiger partial charge in [-0.1, -0.05) is 0 Å². The first kappa shape index (κ1) is 14.0. The van der Waals surface area contributed by atoms with Gasteiger partial charge in [0.15, 0.2) is 9.84 Å². The summed E-state index contributed by atoms with van der Waals surface area (Å²) in [6.07, 6.45) is 1.59. The van der Waals surface area contributed by atoms with Crippen molar-refractivity contribution >= 4 is 15.5 Å². The standard InChI is InChI=1S/C11H17NO4S/c1-17(15,16)11-4-2-9(3-5-11)12-10(8-14)6-7-13/h2-5,10,12-14H,6-8H2,1H3. The van der Waals surface area contributed by atoms with E-state index in [1.807, 2.05) is 0 Å². The number of anilines is 1. The Balaban J connectivity index is 2.74. The molecule has 17 heavy (non-hydrogen) atoms. The number of rotatable bonds is 6. The van der Waals surface area contributed by atoms with Gasteiger partial charge in [0, 0.05) is 18.6 Å². The number of hydrogen-bond donors (Lipinski definition) is 3.